The molecule has 2 nitrogen and oxygen atoms in total. The van der Waals surface area contributed by atoms with Gasteiger partial charge in [0.15, 0.2) is 0 Å². The van der Waals surface area contributed by atoms with Crippen LogP contribution in [0.15, 0.2) is 121 Å². The highest BCUT2D eigenvalue weighted by Gasteiger charge is 2.42. The number of nitrogens with zero attached hydrogens (tertiary/aromatic N) is 2. The first kappa shape index (κ1) is 33.9. The van der Waals surface area contributed by atoms with Crippen LogP contribution >= 0.6 is 0 Å². The van der Waals surface area contributed by atoms with Gasteiger partial charge in [0.25, 0.3) is 6.71 Å². The number of aromatic nitrogens is 2. The minimum absolute atomic E-state index is 0.141. The summed E-state index contributed by atoms with van der Waals surface area (Å²) >= 11 is 0. The van der Waals surface area contributed by atoms with E-state index in [0.29, 0.717) is 0 Å². The number of hydrogen-bond acceptors (Lipinski definition) is 0. The third-order valence-corrected chi connectivity index (χ3v) is 19.8. The van der Waals surface area contributed by atoms with Gasteiger partial charge in [0, 0.05) is 49.3 Å². The predicted molar refractivity (Wildman–Crippen MR) is 261 cm³/mol. The van der Waals surface area contributed by atoms with Gasteiger partial charge in [0.1, 0.15) is 0 Å². The molecule has 2 aliphatic heterocycles. The van der Waals surface area contributed by atoms with Gasteiger partial charge in [-0.1, -0.05) is 172 Å². The minimum Gasteiger partial charge on any atom is -0.310 e. The van der Waals surface area contributed by atoms with Crippen molar-refractivity contribution < 1.29 is 0 Å². The van der Waals surface area contributed by atoms with E-state index in [9.17, 15) is 0 Å². The van der Waals surface area contributed by atoms with Gasteiger partial charge < -0.3 is 9.13 Å². The van der Waals surface area contributed by atoms with Crippen LogP contribution in [0, 0.1) is 0 Å². The summed E-state index contributed by atoms with van der Waals surface area (Å²) in [6.07, 6.45) is 0. The second-order valence-electron chi connectivity index (χ2n) is 20.2. The van der Waals surface area contributed by atoms with Crippen molar-refractivity contribution >= 4 is 139 Å². The maximum atomic E-state index is 2.67. The third kappa shape index (κ3) is 4.36. The lowest BCUT2D eigenvalue weighted by Crippen LogP contribution is -2.61. The largest absolute Gasteiger partial charge is 0.310 e. The molecule has 10 aromatic rings. The highest BCUT2D eigenvalue weighted by atomic mass is 28.3. The van der Waals surface area contributed by atoms with E-state index in [4.69, 9.17) is 0 Å². The van der Waals surface area contributed by atoms with Gasteiger partial charge >= 0.3 is 0 Å². The maximum Gasteiger partial charge on any atom is 0.252 e. The van der Waals surface area contributed by atoms with Gasteiger partial charge in [-0.05, 0) is 67.6 Å². The van der Waals surface area contributed by atoms with Crippen molar-refractivity contribution in [2.75, 3.05) is 0 Å². The molecule has 0 bridgehead atoms. The summed E-state index contributed by atoms with van der Waals surface area (Å²) in [6.45, 7) is 22.7. The fourth-order valence-corrected chi connectivity index (χ4v) is 14.3. The molecule has 2 aliphatic rings. The average Bonchev–Trinajstić information content (AvgIpc) is 3.70. The normalized spacial score (nSPS) is 14.0. The third-order valence-electron chi connectivity index (χ3n) is 13.7. The zero-order valence-electron chi connectivity index (χ0n) is 34.5. The molecule has 0 fully saturated rings. The molecule has 0 atom stereocenters. The number of rotatable bonds is 3. The lowest BCUT2D eigenvalue weighted by molar-refractivity contribution is 1.14. The van der Waals surface area contributed by atoms with Crippen molar-refractivity contribution in [3.8, 4) is 11.4 Å². The maximum absolute atomic E-state index is 2.67. The molecular weight excluding hydrogens is 736 g/mol. The van der Waals surface area contributed by atoms with Crippen molar-refractivity contribution in [1.82, 2.24) is 9.13 Å². The molecule has 8 aromatic carbocycles. The Kier molecular flexibility index (Phi) is 6.47. The Morgan fingerprint density at radius 2 is 0.842 bits per heavy atom. The molecule has 2 aromatic heterocycles. The number of benzene rings is 8. The van der Waals surface area contributed by atoms with Crippen molar-refractivity contribution in [2.24, 2.45) is 0 Å². The molecule has 0 spiro atoms. The second kappa shape index (κ2) is 10.9. The van der Waals surface area contributed by atoms with Crippen molar-refractivity contribution in [3.05, 3.63) is 121 Å². The van der Waals surface area contributed by atoms with Crippen molar-refractivity contribution in [2.45, 2.75) is 58.9 Å². The molecule has 0 aliphatic carbocycles. The first-order valence-electron chi connectivity index (χ1n) is 20.8. The van der Waals surface area contributed by atoms with E-state index in [1.807, 2.05) is 0 Å². The van der Waals surface area contributed by atoms with Crippen LogP contribution in [0.3, 0.4) is 0 Å². The second-order valence-corrected chi connectivity index (χ2v) is 35.4. The van der Waals surface area contributed by atoms with Gasteiger partial charge in [-0.25, -0.2) is 0 Å². The fourth-order valence-electron chi connectivity index (χ4n) is 10.8. The summed E-state index contributed by atoms with van der Waals surface area (Å²) in [4.78, 5) is 0. The van der Waals surface area contributed by atoms with Gasteiger partial charge in [-0.2, -0.15) is 0 Å². The van der Waals surface area contributed by atoms with E-state index in [2.05, 4.69) is 189 Å². The summed E-state index contributed by atoms with van der Waals surface area (Å²) in [7, 11) is -5.03. The van der Waals surface area contributed by atoms with E-state index in [1.165, 1.54) is 114 Å². The number of fused-ring (bicyclic) bond motifs is 17. The van der Waals surface area contributed by atoms with E-state index < -0.39 is 24.2 Å². The van der Waals surface area contributed by atoms with E-state index in [1.54, 1.807) is 5.19 Å². The van der Waals surface area contributed by atoms with Crippen LogP contribution in [0.25, 0.3) is 87.3 Å². The molecule has 0 amide bonds. The Balaban J connectivity index is 1.32. The topological polar surface area (TPSA) is 9.86 Å². The lowest BCUT2D eigenvalue weighted by Gasteiger charge is -2.35. The van der Waals surface area contributed by atoms with Crippen LogP contribution in [-0.2, 0) is 0 Å². The standard InChI is InChI=1S/C51H47BN2Si3/c1-55(2,3)30-21-23-43-38(25-30)39-26-31(56(4,5)6)28-41-50(39)53(43)45-19-14-20-46-49(45)52(41)42-29-32(57(7,8)9)27-40-48-44(54(46)51(40)42)24-22-37-35-17-11-10-15-33(35)34-16-12-13-18-36(34)47(37)48/h10-29H,1-9H3. The SMILES string of the molecule is C[Si](C)(C)c1ccc2c(c1)c1cc([Si](C)(C)C)cc3c1n2-c1cccc2c1B3c1cc([Si](C)(C)C)cc3c4c5c6ccccc6c6ccccc6c5ccc4n-2c13. The summed E-state index contributed by atoms with van der Waals surface area (Å²) in [5.74, 6) is 0. The molecule has 276 valence electrons. The first-order chi connectivity index (χ1) is 27.2. The summed E-state index contributed by atoms with van der Waals surface area (Å²) in [6, 6.07) is 48.2. The fraction of sp³-hybridized carbons (Fsp3) is 0.176. The lowest BCUT2D eigenvalue weighted by atomic mass is 9.34. The smallest absolute Gasteiger partial charge is 0.252 e. The Morgan fingerprint density at radius 3 is 1.44 bits per heavy atom. The first-order valence-corrected chi connectivity index (χ1v) is 31.3. The average molecular weight is 783 g/mol. The van der Waals surface area contributed by atoms with E-state index in [-0.39, 0.29) is 6.71 Å². The highest BCUT2D eigenvalue weighted by molar-refractivity contribution is 7.01. The van der Waals surface area contributed by atoms with Crippen LogP contribution in [0.2, 0.25) is 58.9 Å². The molecule has 6 heteroatoms. The van der Waals surface area contributed by atoms with Gasteiger partial charge in [-0.15, -0.1) is 0 Å². The van der Waals surface area contributed by atoms with Crippen molar-refractivity contribution in [1.29, 1.82) is 0 Å². The van der Waals surface area contributed by atoms with Crippen LogP contribution in [0.1, 0.15) is 0 Å². The minimum atomic E-state index is -1.78. The molecule has 0 unspecified atom stereocenters. The molecule has 12 rings (SSSR count). The van der Waals surface area contributed by atoms with Crippen LogP contribution in [0.5, 0.6) is 0 Å². The Bertz CT molecular complexity index is 3440. The van der Waals surface area contributed by atoms with Crippen molar-refractivity contribution in [3.63, 3.8) is 0 Å². The molecule has 4 heterocycles. The molecule has 0 N–H and O–H groups in total. The van der Waals surface area contributed by atoms with Crippen LogP contribution in [-0.4, -0.2) is 40.1 Å². The number of hydrogen-bond donors (Lipinski definition) is 0. The molecule has 0 saturated carbocycles. The Hall–Kier alpha value is -5.14. The van der Waals surface area contributed by atoms with Gasteiger partial charge in [0.2, 0.25) is 0 Å². The Labute approximate surface area is 337 Å². The van der Waals surface area contributed by atoms with Crippen LogP contribution < -0.4 is 31.9 Å². The molecule has 0 radical (unpaired) electrons. The molecular formula is C51H47BN2Si3. The zero-order valence-corrected chi connectivity index (χ0v) is 37.5. The van der Waals surface area contributed by atoms with Crippen LogP contribution in [0.4, 0.5) is 0 Å². The zero-order chi connectivity index (χ0) is 39.1. The summed E-state index contributed by atoms with van der Waals surface area (Å²) in [5, 5.41) is 18.3. The summed E-state index contributed by atoms with van der Waals surface area (Å²) in [5.41, 5.74) is 12.5. The quantitative estimate of drug-likeness (QED) is 0.125. The highest BCUT2D eigenvalue weighted by Crippen LogP contribution is 2.45. The monoisotopic (exact) mass is 782 g/mol. The molecule has 57 heavy (non-hydrogen) atoms. The van der Waals surface area contributed by atoms with E-state index in [0.717, 1.165) is 0 Å². The Morgan fingerprint density at radius 1 is 0.368 bits per heavy atom. The summed E-state index contributed by atoms with van der Waals surface area (Å²) < 4.78 is 5.33. The van der Waals surface area contributed by atoms with E-state index >= 15 is 0 Å². The predicted octanol–water partition coefficient (Wildman–Crippen LogP) is 10.1. The molecule has 0 saturated heterocycles. The van der Waals surface area contributed by atoms with Gasteiger partial charge in [0.05, 0.1) is 35.3 Å². The van der Waals surface area contributed by atoms with Gasteiger partial charge in [-0.3, -0.25) is 0 Å².